The van der Waals surface area contributed by atoms with Gasteiger partial charge in [0.2, 0.25) is 0 Å². The third-order valence-electron chi connectivity index (χ3n) is 4.88. The van der Waals surface area contributed by atoms with Crippen LogP contribution in [-0.2, 0) is 11.8 Å². The summed E-state index contributed by atoms with van der Waals surface area (Å²) in [5, 5.41) is 4.47. The lowest BCUT2D eigenvalue weighted by Crippen LogP contribution is -2.41. The summed E-state index contributed by atoms with van der Waals surface area (Å²) < 4.78 is 6.60. The first-order chi connectivity index (χ1) is 14.7. The van der Waals surface area contributed by atoms with Crippen molar-refractivity contribution in [2.45, 2.75) is 13.0 Å². The molecule has 10 heteroatoms. The van der Waals surface area contributed by atoms with E-state index in [1.54, 1.807) is 57.5 Å². The number of nitrogens with zero attached hydrogens (tertiary/aromatic N) is 3. The predicted octanol–water partition coefficient (Wildman–Crippen LogP) is 5.14. The average Bonchev–Trinajstić information content (AvgIpc) is 2.72. The normalized spacial score (nSPS) is 12.1. The van der Waals surface area contributed by atoms with E-state index in [0.717, 1.165) is 0 Å². The number of carbonyl (C=O) groups is 1. The highest BCUT2D eigenvalue weighted by atomic mass is 35.5. The van der Waals surface area contributed by atoms with E-state index in [4.69, 9.17) is 39.5 Å². The number of fused-ring (bicyclic) bond motifs is 1. The molecule has 3 rings (SSSR count). The van der Waals surface area contributed by atoms with Crippen molar-refractivity contribution in [2.24, 2.45) is 7.05 Å². The minimum absolute atomic E-state index is 0.226. The molecule has 0 aliphatic carbocycles. The number of nitrogens with one attached hydrogen (secondary N) is 1. The molecule has 0 spiro atoms. The van der Waals surface area contributed by atoms with Crippen LogP contribution in [0.5, 0.6) is 0 Å². The van der Waals surface area contributed by atoms with Crippen molar-refractivity contribution in [3.05, 3.63) is 67.6 Å². The van der Waals surface area contributed by atoms with Crippen LogP contribution in [0.25, 0.3) is 10.9 Å². The number of anilines is 1. The zero-order valence-electron chi connectivity index (χ0n) is 17.2. The Bertz CT molecular complexity index is 1180. The average molecular weight is 484 g/mol. The van der Waals surface area contributed by atoms with Crippen molar-refractivity contribution in [3.63, 3.8) is 0 Å². The number of hydrogen-bond donors (Lipinski definition) is 1. The van der Waals surface area contributed by atoms with Gasteiger partial charge in [0.05, 0.1) is 34.3 Å². The number of carbonyl (C=O) groups excluding carboxylic acids is 1. The number of urea groups is 1. The van der Waals surface area contributed by atoms with E-state index < -0.39 is 12.1 Å². The number of methoxy groups -OCH3 is 1. The fourth-order valence-electron chi connectivity index (χ4n) is 3.21. The summed E-state index contributed by atoms with van der Waals surface area (Å²) in [7, 11) is 3.17. The van der Waals surface area contributed by atoms with Crippen LogP contribution in [0.1, 0.15) is 18.8 Å². The van der Waals surface area contributed by atoms with Gasteiger partial charge < -0.3 is 15.0 Å². The molecule has 0 bridgehead atoms. The van der Waals surface area contributed by atoms with Crippen LogP contribution in [0.2, 0.25) is 15.1 Å². The minimum atomic E-state index is -0.553. The van der Waals surface area contributed by atoms with Gasteiger partial charge >= 0.3 is 6.03 Å². The SMILES string of the molecule is COCCN(C(=O)Nc1ccc(Cl)cc1Cl)C(C)c1nc2cc(Cl)ccc2c(=O)n1C. The Labute approximate surface area is 194 Å². The first kappa shape index (κ1) is 23.3. The van der Waals surface area contributed by atoms with E-state index in [2.05, 4.69) is 10.3 Å². The number of amides is 2. The molecule has 0 radical (unpaired) electrons. The van der Waals surface area contributed by atoms with Crippen molar-refractivity contribution in [1.82, 2.24) is 14.5 Å². The summed E-state index contributed by atoms with van der Waals surface area (Å²) in [5.41, 5.74) is 0.652. The van der Waals surface area contributed by atoms with E-state index in [0.29, 0.717) is 44.1 Å². The van der Waals surface area contributed by atoms with Crippen molar-refractivity contribution >= 4 is 57.4 Å². The van der Waals surface area contributed by atoms with Gasteiger partial charge in [-0.3, -0.25) is 9.36 Å². The number of ether oxygens (including phenoxy) is 1. The van der Waals surface area contributed by atoms with Crippen molar-refractivity contribution in [1.29, 1.82) is 0 Å². The van der Waals surface area contributed by atoms with Gasteiger partial charge in [-0.2, -0.15) is 0 Å². The van der Waals surface area contributed by atoms with Gasteiger partial charge in [-0.15, -0.1) is 0 Å². The second-order valence-corrected chi connectivity index (χ2v) is 8.19. The van der Waals surface area contributed by atoms with Crippen molar-refractivity contribution in [2.75, 3.05) is 25.6 Å². The Morgan fingerprint density at radius 1 is 1.19 bits per heavy atom. The third kappa shape index (κ3) is 5.13. The quantitative estimate of drug-likeness (QED) is 0.527. The molecule has 7 nitrogen and oxygen atoms in total. The largest absolute Gasteiger partial charge is 0.383 e. The van der Waals surface area contributed by atoms with E-state index in [-0.39, 0.29) is 12.1 Å². The maximum atomic E-state index is 13.1. The molecule has 0 saturated heterocycles. The summed E-state index contributed by atoms with van der Waals surface area (Å²) in [6.07, 6.45) is 0. The molecule has 1 aromatic heterocycles. The number of aromatic nitrogens is 2. The summed E-state index contributed by atoms with van der Waals surface area (Å²) >= 11 is 18.2. The Morgan fingerprint density at radius 2 is 1.87 bits per heavy atom. The van der Waals surface area contributed by atoms with Gasteiger partial charge in [-0.25, -0.2) is 9.78 Å². The van der Waals surface area contributed by atoms with Crippen molar-refractivity contribution in [3.8, 4) is 0 Å². The fourth-order valence-corrected chi connectivity index (χ4v) is 3.83. The van der Waals surface area contributed by atoms with Gasteiger partial charge in [-0.1, -0.05) is 34.8 Å². The van der Waals surface area contributed by atoms with Crippen LogP contribution in [0.15, 0.2) is 41.2 Å². The standard InChI is InChI=1S/C21H21Cl3N4O3/c1-12(19-25-18-11-14(23)4-6-15(18)20(29)27(19)2)28(8-9-31-3)21(30)26-17-7-5-13(22)10-16(17)24/h4-7,10-12H,8-9H2,1-3H3,(H,26,30). The molecule has 31 heavy (non-hydrogen) atoms. The molecule has 3 aromatic rings. The highest BCUT2D eigenvalue weighted by molar-refractivity contribution is 6.36. The Morgan fingerprint density at radius 3 is 2.55 bits per heavy atom. The number of hydrogen-bond acceptors (Lipinski definition) is 4. The van der Waals surface area contributed by atoms with E-state index >= 15 is 0 Å². The molecule has 0 saturated carbocycles. The molecule has 2 amide bonds. The smallest absolute Gasteiger partial charge is 0.322 e. The second kappa shape index (κ2) is 9.87. The zero-order valence-corrected chi connectivity index (χ0v) is 19.4. The second-order valence-electron chi connectivity index (χ2n) is 6.91. The number of halogens is 3. The monoisotopic (exact) mass is 482 g/mol. The van der Waals surface area contributed by atoms with Crippen LogP contribution in [0.4, 0.5) is 10.5 Å². The van der Waals surface area contributed by atoms with Crippen LogP contribution in [0, 0.1) is 0 Å². The highest BCUT2D eigenvalue weighted by Gasteiger charge is 2.26. The number of benzene rings is 2. The van der Waals surface area contributed by atoms with E-state index in [9.17, 15) is 9.59 Å². The van der Waals surface area contributed by atoms with E-state index in [1.807, 2.05) is 0 Å². The lowest BCUT2D eigenvalue weighted by molar-refractivity contribution is 0.136. The lowest BCUT2D eigenvalue weighted by Gasteiger charge is -2.30. The summed E-state index contributed by atoms with van der Waals surface area (Å²) in [4.78, 5) is 32.1. The van der Waals surface area contributed by atoms with E-state index in [1.165, 1.54) is 9.47 Å². The fraction of sp³-hybridized carbons (Fsp3) is 0.286. The van der Waals surface area contributed by atoms with Crippen LogP contribution < -0.4 is 10.9 Å². The van der Waals surface area contributed by atoms with Gasteiger partial charge in [-0.05, 0) is 43.3 Å². The molecule has 2 aromatic carbocycles. The molecule has 1 unspecified atom stereocenters. The molecule has 0 aliphatic rings. The summed E-state index contributed by atoms with van der Waals surface area (Å²) in [6.45, 7) is 2.34. The summed E-state index contributed by atoms with van der Waals surface area (Å²) in [5.74, 6) is 0.410. The van der Waals surface area contributed by atoms with Gasteiger partial charge in [0.15, 0.2) is 0 Å². The van der Waals surface area contributed by atoms with Crippen molar-refractivity contribution < 1.29 is 9.53 Å². The highest BCUT2D eigenvalue weighted by Crippen LogP contribution is 2.27. The molecular weight excluding hydrogens is 463 g/mol. The van der Waals surface area contributed by atoms with Gasteiger partial charge in [0.1, 0.15) is 5.82 Å². The predicted molar refractivity (Wildman–Crippen MR) is 124 cm³/mol. The lowest BCUT2D eigenvalue weighted by atomic mass is 10.2. The molecule has 1 heterocycles. The maximum Gasteiger partial charge on any atom is 0.322 e. The molecular formula is C21H21Cl3N4O3. The molecule has 164 valence electrons. The van der Waals surface area contributed by atoms with Crippen LogP contribution in [0.3, 0.4) is 0 Å². The van der Waals surface area contributed by atoms with Crippen LogP contribution >= 0.6 is 34.8 Å². The minimum Gasteiger partial charge on any atom is -0.383 e. The Kier molecular flexibility index (Phi) is 7.43. The van der Waals surface area contributed by atoms with Gasteiger partial charge in [0, 0.05) is 30.7 Å². The molecule has 1 atom stereocenters. The maximum absolute atomic E-state index is 13.1. The first-order valence-corrected chi connectivity index (χ1v) is 10.5. The summed E-state index contributed by atoms with van der Waals surface area (Å²) in [6, 6.07) is 8.72. The van der Waals surface area contributed by atoms with Crippen LogP contribution in [-0.4, -0.2) is 40.7 Å². The molecule has 0 fully saturated rings. The Hall–Kier alpha value is -2.32. The molecule has 0 aliphatic heterocycles. The zero-order chi connectivity index (χ0) is 22.7. The Balaban J connectivity index is 1.99. The third-order valence-corrected chi connectivity index (χ3v) is 5.67. The first-order valence-electron chi connectivity index (χ1n) is 9.40. The number of rotatable bonds is 6. The van der Waals surface area contributed by atoms with Gasteiger partial charge in [0.25, 0.3) is 5.56 Å². The molecule has 1 N–H and O–H groups in total. The topological polar surface area (TPSA) is 76.5 Å².